The highest BCUT2D eigenvalue weighted by Crippen LogP contribution is 2.33. The summed E-state index contributed by atoms with van der Waals surface area (Å²) in [5.41, 5.74) is 9.04. The maximum Gasteiger partial charge on any atom is 0.229 e. The van der Waals surface area contributed by atoms with Crippen molar-refractivity contribution in [1.82, 2.24) is 24.9 Å². The minimum absolute atomic E-state index is 0.0697. The molecule has 0 unspecified atom stereocenters. The van der Waals surface area contributed by atoms with Crippen molar-refractivity contribution in [3.8, 4) is 11.3 Å². The van der Waals surface area contributed by atoms with Gasteiger partial charge in [-0.05, 0) is 47.7 Å². The van der Waals surface area contributed by atoms with Gasteiger partial charge in [-0.3, -0.25) is 9.78 Å². The number of benzene rings is 1. The van der Waals surface area contributed by atoms with Crippen LogP contribution in [0.2, 0.25) is 0 Å². The van der Waals surface area contributed by atoms with E-state index in [1.165, 1.54) is 30.7 Å². The molecule has 0 bridgehead atoms. The van der Waals surface area contributed by atoms with E-state index in [4.69, 9.17) is 10.5 Å². The van der Waals surface area contributed by atoms with Crippen LogP contribution in [0.5, 0.6) is 0 Å². The summed E-state index contributed by atoms with van der Waals surface area (Å²) in [6.07, 6.45) is 5.02. The number of nitrogens with one attached hydrogen (secondary N) is 2. The first-order valence-electron chi connectivity index (χ1n) is 13.0. The molecule has 4 aromatic rings. The minimum Gasteiger partial charge on any atom is -0.380 e. The third kappa shape index (κ3) is 5.58. The molecule has 1 amide bonds. The smallest absolute Gasteiger partial charge is 0.229 e. The summed E-state index contributed by atoms with van der Waals surface area (Å²) in [4.78, 5) is 22.3. The average Bonchev–Trinajstić information content (AvgIpc) is 3.30. The van der Waals surface area contributed by atoms with Gasteiger partial charge < -0.3 is 26.0 Å². The number of imidazole rings is 1. The number of rotatable bonds is 8. The predicted molar refractivity (Wildman–Crippen MR) is 148 cm³/mol. The van der Waals surface area contributed by atoms with Crippen LogP contribution < -0.4 is 21.3 Å². The van der Waals surface area contributed by atoms with Crippen LogP contribution in [0.15, 0.2) is 48.9 Å². The number of ether oxygens (including phenoxy) is 1. The van der Waals surface area contributed by atoms with Gasteiger partial charge in [0.2, 0.25) is 11.9 Å². The molecule has 0 spiro atoms. The first-order chi connectivity index (χ1) is 19.2. The Hall–Kier alpha value is -4.16. The van der Waals surface area contributed by atoms with Gasteiger partial charge >= 0.3 is 0 Å². The van der Waals surface area contributed by atoms with Gasteiger partial charge in [0.15, 0.2) is 0 Å². The largest absolute Gasteiger partial charge is 0.380 e. The van der Waals surface area contributed by atoms with E-state index in [-0.39, 0.29) is 41.6 Å². The average molecular weight is 551 g/mol. The molecule has 4 heterocycles. The van der Waals surface area contributed by atoms with Crippen molar-refractivity contribution in [3.63, 3.8) is 0 Å². The number of carbonyl (C=O) groups is 1. The van der Waals surface area contributed by atoms with Crippen molar-refractivity contribution in [1.29, 1.82) is 0 Å². The summed E-state index contributed by atoms with van der Waals surface area (Å²) >= 11 is 0. The Morgan fingerprint density at radius 1 is 1.18 bits per heavy atom. The lowest BCUT2D eigenvalue weighted by Crippen LogP contribution is -2.55. The zero-order valence-corrected chi connectivity index (χ0v) is 22.6. The molecule has 10 nitrogen and oxygen atoms in total. The summed E-state index contributed by atoms with van der Waals surface area (Å²) < 4.78 is 36.3. The van der Waals surface area contributed by atoms with Gasteiger partial charge in [0.05, 0.1) is 47.1 Å². The second kappa shape index (κ2) is 11.5. The normalized spacial score (nSPS) is 19.1. The van der Waals surface area contributed by atoms with Gasteiger partial charge in [-0.25, -0.2) is 13.8 Å². The quantitative estimate of drug-likeness (QED) is 0.305. The number of hydrogen-bond donors (Lipinski definition) is 3. The fourth-order valence-electron chi connectivity index (χ4n) is 5.28. The molecule has 4 N–H and O–H groups in total. The number of carbonyl (C=O) groups excluding carboxylic acids is 1. The number of aromatic nitrogens is 4. The number of anilines is 3. The van der Waals surface area contributed by atoms with Crippen LogP contribution in [0.1, 0.15) is 19.4 Å². The summed E-state index contributed by atoms with van der Waals surface area (Å²) in [6.45, 7) is 5.59. The summed E-state index contributed by atoms with van der Waals surface area (Å²) in [5.74, 6) is -0.777. The van der Waals surface area contributed by atoms with E-state index in [1.807, 2.05) is 6.07 Å². The van der Waals surface area contributed by atoms with Crippen LogP contribution in [0.3, 0.4) is 0 Å². The van der Waals surface area contributed by atoms with E-state index in [1.54, 1.807) is 30.7 Å². The molecule has 5 rings (SSSR count). The Morgan fingerprint density at radius 3 is 2.65 bits per heavy atom. The molecule has 0 radical (unpaired) electrons. The van der Waals surface area contributed by atoms with Crippen LogP contribution in [0.25, 0.3) is 16.8 Å². The third-order valence-electron chi connectivity index (χ3n) is 7.25. The van der Waals surface area contributed by atoms with Gasteiger partial charge in [-0.15, -0.1) is 0 Å². The van der Waals surface area contributed by atoms with E-state index in [9.17, 15) is 13.6 Å². The maximum atomic E-state index is 14.9. The molecule has 3 atom stereocenters. The van der Waals surface area contributed by atoms with Crippen molar-refractivity contribution >= 4 is 28.7 Å². The molecular formula is C28H32F2N8O2. The molecule has 1 fully saturated rings. The second-order valence-electron chi connectivity index (χ2n) is 10.2. The lowest BCUT2D eigenvalue weighted by Gasteiger charge is -2.42. The van der Waals surface area contributed by atoms with Crippen molar-refractivity contribution in [2.45, 2.75) is 26.5 Å². The highest BCUT2D eigenvalue weighted by atomic mass is 19.1. The van der Waals surface area contributed by atoms with Crippen LogP contribution in [-0.2, 0) is 16.1 Å². The maximum absolute atomic E-state index is 14.9. The molecule has 40 heavy (non-hydrogen) atoms. The van der Waals surface area contributed by atoms with E-state index >= 15 is 0 Å². The second-order valence-corrected chi connectivity index (χ2v) is 10.2. The van der Waals surface area contributed by atoms with E-state index in [0.29, 0.717) is 35.8 Å². The fraction of sp³-hybridized carbons (Fsp3) is 0.357. The number of nitrogens with two attached hydrogens (primary N) is 1. The van der Waals surface area contributed by atoms with Crippen LogP contribution in [-0.4, -0.2) is 58.3 Å². The number of fused-ring (bicyclic) bond motifs is 1. The topological polar surface area (TPSA) is 123 Å². The molecule has 1 aliphatic heterocycles. The lowest BCUT2D eigenvalue weighted by atomic mass is 9.83. The van der Waals surface area contributed by atoms with Crippen molar-refractivity contribution < 1.29 is 18.3 Å². The first kappa shape index (κ1) is 27.4. The van der Waals surface area contributed by atoms with Gasteiger partial charge in [-0.2, -0.15) is 9.61 Å². The minimum atomic E-state index is -0.726. The van der Waals surface area contributed by atoms with E-state index in [2.05, 4.69) is 37.5 Å². The van der Waals surface area contributed by atoms with Crippen molar-refractivity contribution in [2.75, 3.05) is 37.0 Å². The summed E-state index contributed by atoms with van der Waals surface area (Å²) in [6, 6.07) is 7.50. The van der Waals surface area contributed by atoms with Gasteiger partial charge in [0.1, 0.15) is 11.6 Å². The molecule has 210 valence electrons. The third-order valence-corrected chi connectivity index (χ3v) is 7.25. The molecule has 1 aromatic carbocycles. The lowest BCUT2D eigenvalue weighted by molar-refractivity contribution is -0.119. The molecule has 12 heteroatoms. The zero-order valence-electron chi connectivity index (χ0n) is 22.6. The number of piperidine rings is 1. The Morgan fingerprint density at radius 2 is 1.95 bits per heavy atom. The molecule has 3 aromatic heterocycles. The zero-order chi connectivity index (χ0) is 28.4. The first-order valence-corrected chi connectivity index (χ1v) is 13.0. The number of nitrogens with zero attached hydrogens (tertiary/aromatic N) is 5. The Balaban J connectivity index is 1.42. The number of methoxy groups -OCH3 is 1. The van der Waals surface area contributed by atoms with Crippen LogP contribution in [0.4, 0.5) is 26.1 Å². The molecule has 1 saturated heterocycles. The highest BCUT2D eigenvalue weighted by molar-refractivity contribution is 5.74. The van der Waals surface area contributed by atoms with Gasteiger partial charge in [-0.1, -0.05) is 6.92 Å². The Labute approximate surface area is 230 Å². The SMILES string of the molecule is COCc1cc(F)c(-c2ccc3cnc(Nc4cnccc4N4C[C@@H](N)[C@@H](CNC(C)=O)[C@@H](C)C4)n3n2)c(F)c1. The number of amides is 1. The van der Waals surface area contributed by atoms with E-state index < -0.39 is 11.6 Å². The summed E-state index contributed by atoms with van der Waals surface area (Å²) in [7, 11) is 1.46. The van der Waals surface area contributed by atoms with Crippen molar-refractivity contribution in [2.24, 2.45) is 17.6 Å². The van der Waals surface area contributed by atoms with Crippen LogP contribution in [0, 0.1) is 23.5 Å². The Bertz CT molecular complexity index is 1490. The summed E-state index contributed by atoms with van der Waals surface area (Å²) in [5, 5.41) is 10.7. The molecule has 0 aliphatic carbocycles. The monoisotopic (exact) mass is 550 g/mol. The molecule has 0 saturated carbocycles. The molecular weight excluding hydrogens is 518 g/mol. The van der Waals surface area contributed by atoms with Crippen molar-refractivity contribution in [3.05, 3.63) is 66.1 Å². The standard InChI is InChI=1S/C28H32F2N8O2/c1-16-13-37(14-23(31)20(16)11-33-17(2)39)26-6-7-32-12-25(26)35-28-34-10-19-4-5-24(36-38(19)28)27-21(29)8-18(15-40-3)9-22(27)30/h4-10,12,16,20,23H,11,13-15,31H2,1-3H3,(H,33,39)(H,34,35)/t16-,20-,23+/m0/s1. The highest BCUT2D eigenvalue weighted by Gasteiger charge is 2.33. The number of pyridine rings is 1. The Kier molecular flexibility index (Phi) is 7.90. The fourth-order valence-corrected chi connectivity index (χ4v) is 5.28. The number of halogens is 2. The predicted octanol–water partition coefficient (Wildman–Crippen LogP) is 3.50. The number of hydrogen-bond acceptors (Lipinski definition) is 8. The van der Waals surface area contributed by atoms with Crippen LogP contribution >= 0.6 is 0 Å². The van der Waals surface area contributed by atoms with Gasteiger partial charge in [0.25, 0.3) is 0 Å². The molecule has 1 aliphatic rings. The van der Waals surface area contributed by atoms with Gasteiger partial charge in [0, 0.05) is 45.9 Å². The van der Waals surface area contributed by atoms with E-state index in [0.717, 1.165) is 12.2 Å².